The van der Waals surface area contributed by atoms with Crippen LogP contribution < -0.4 is 5.32 Å². The van der Waals surface area contributed by atoms with Gasteiger partial charge in [-0.1, -0.05) is 6.92 Å². The Morgan fingerprint density at radius 1 is 1.50 bits per heavy atom. The van der Waals surface area contributed by atoms with E-state index in [2.05, 4.69) is 12.2 Å². The van der Waals surface area contributed by atoms with Gasteiger partial charge in [0.05, 0.1) is 0 Å². The van der Waals surface area contributed by atoms with Crippen LogP contribution in [0.15, 0.2) is 0 Å². The molecule has 1 fully saturated rings. The van der Waals surface area contributed by atoms with Gasteiger partial charge >= 0.3 is 0 Å². The Morgan fingerprint density at radius 3 is 2.75 bits per heavy atom. The van der Waals surface area contributed by atoms with E-state index in [0.29, 0.717) is 0 Å². The third-order valence-electron chi connectivity index (χ3n) is 1.48. The smallest absolute Gasteiger partial charge is 0.00205 e. The van der Waals surface area contributed by atoms with Gasteiger partial charge in [0, 0.05) is 0 Å². The summed E-state index contributed by atoms with van der Waals surface area (Å²) in [5, 5.41) is 3.33. The minimum atomic E-state index is 1.02. The van der Waals surface area contributed by atoms with E-state index in [0.717, 1.165) is 18.9 Å². The standard InChI is InChI=1S/C7H14N/c1-2-5-8-6-7-3-4-7/h7-8H,1-6H2. The second kappa shape index (κ2) is 3.08. The molecule has 0 spiro atoms. The molecule has 0 unspecified atom stereocenters. The van der Waals surface area contributed by atoms with Gasteiger partial charge in [-0.05, 0) is 38.3 Å². The van der Waals surface area contributed by atoms with E-state index >= 15 is 0 Å². The van der Waals surface area contributed by atoms with Gasteiger partial charge in [0.15, 0.2) is 0 Å². The second-order valence-corrected chi connectivity index (χ2v) is 2.50. The van der Waals surface area contributed by atoms with Crippen LogP contribution in [-0.2, 0) is 0 Å². The van der Waals surface area contributed by atoms with E-state index in [4.69, 9.17) is 0 Å². The van der Waals surface area contributed by atoms with Crippen molar-refractivity contribution in [2.75, 3.05) is 13.1 Å². The molecule has 1 N–H and O–H groups in total. The summed E-state index contributed by atoms with van der Waals surface area (Å²) < 4.78 is 0. The van der Waals surface area contributed by atoms with Crippen LogP contribution >= 0.6 is 0 Å². The van der Waals surface area contributed by atoms with Gasteiger partial charge in [0.25, 0.3) is 0 Å². The highest BCUT2D eigenvalue weighted by molar-refractivity contribution is 4.74. The van der Waals surface area contributed by atoms with Crippen molar-refractivity contribution in [1.82, 2.24) is 5.32 Å². The molecule has 0 bridgehead atoms. The van der Waals surface area contributed by atoms with Gasteiger partial charge in [-0.3, -0.25) is 0 Å². The summed E-state index contributed by atoms with van der Waals surface area (Å²) >= 11 is 0. The van der Waals surface area contributed by atoms with Gasteiger partial charge < -0.3 is 5.32 Å². The van der Waals surface area contributed by atoms with Crippen molar-refractivity contribution >= 4 is 0 Å². The van der Waals surface area contributed by atoms with Gasteiger partial charge in [0.1, 0.15) is 0 Å². The van der Waals surface area contributed by atoms with Gasteiger partial charge in [-0.25, -0.2) is 0 Å². The quantitative estimate of drug-likeness (QED) is 0.539. The van der Waals surface area contributed by atoms with Crippen molar-refractivity contribution in [3.8, 4) is 0 Å². The van der Waals surface area contributed by atoms with Crippen molar-refractivity contribution < 1.29 is 0 Å². The summed E-state index contributed by atoms with van der Waals surface area (Å²) in [7, 11) is 0. The summed E-state index contributed by atoms with van der Waals surface area (Å²) in [5.41, 5.74) is 0. The molecule has 8 heavy (non-hydrogen) atoms. The Kier molecular flexibility index (Phi) is 2.34. The minimum Gasteiger partial charge on any atom is -0.316 e. The van der Waals surface area contributed by atoms with Gasteiger partial charge in [0.2, 0.25) is 0 Å². The first-order valence-corrected chi connectivity index (χ1v) is 3.43. The maximum atomic E-state index is 3.74. The molecule has 1 nitrogen and oxygen atoms in total. The van der Waals surface area contributed by atoms with Crippen molar-refractivity contribution in [2.45, 2.75) is 19.3 Å². The SMILES string of the molecule is [CH2]CCNCC1CC1. The first-order chi connectivity index (χ1) is 3.93. The lowest BCUT2D eigenvalue weighted by Crippen LogP contribution is -2.17. The molecule has 1 rings (SSSR count). The van der Waals surface area contributed by atoms with Crippen LogP contribution in [-0.4, -0.2) is 13.1 Å². The Balaban J connectivity index is 1.74. The summed E-state index contributed by atoms with van der Waals surface area (Å²) in [6.45, 7) is 6.07. The first-order valence-electron chi connectivity index (χ1n) is 3.43. The molecule has 1 aliphatic carbocycles. The molecule has 0 aliphatic heterocycles. The molecule has 0 aromatic rings. The van der Waals surface area contributed by atoms with Crippen LogP contribution in [0.4, 0.5) is 0 Å². The highest BCUT2D eigenvalue weighted by Crippen LogP contribution is 2.27. The molecule has 47 valence electrons. The number of hydrogen-bond acceptors (Lipinski definition) is 1. The van der Waals surface area contributed by atoms with Crippen LogP contribution in [0.25, 0.3) is 0 Å². The summed E-state index contributed by atoms with van der Waals surface area (Å²) in [6.07, 6.45) is 3.92. The Labute approximate surface area is 51.5 Å². The fourth-order valence-electron chi connectivity index (χ4n) is 0.753. The number of rotatable bonds is 4. The highest BCUT2D eigenvalue weighted by atomic mass is 14.9. The molecule has 0 amide bonds. The van der Waals surface area contributed by atoms with Gasteiger partial charge in [-0.15, -0.1) is 0 Å². The zero-order chi connectivity index (χ0) is 5.82. The van der Waals surface area contributed by atoms with Crippen LogP contribution in [0.3, 0.4) is 0 Å². The Morgan fingerprint density at radius 2 is 2.25 bits per heavy atom. The molecule has 1 heteroatoms. The van der Waals surface area contributed by atoms with Crippen LogP contribution in [0, 0.1) is 12.8 Å². The monoisotopic (exact) mass is 112 g/mol. The average molecular weight is 112 g/mol. The normalized spacial score (nSPS) is 19.1. The van der Waals surface area contributed by atoms with E-state index in [9.17, 15) is 0 Å². The van der Waals surface area contributed by atoms with Crippen molar-refractivity contribution in [3.05, 3.63) is 6.92 Å². The largest absolute Gasteiger partial charge is 0.316 e. The van der Waals surface area contributed by atoms with Crippen LogP contribution in [0.1, 0.15) is 19.3 Å². The molecule has 0 aromatic carbocycles. The van der Waals surface area contributed by atoms with Crippen LogP contribution in [0.2, 0.25) is 0 Å². The first kappa shape index (κ1) is 6.09. The molecule has 1 radical (unpaired) electrons. The second-order valence-electron chi connectivity index (χ2n) is 2.50. The number of hydrogen-bond donors (Lipinski definition) is 1. The van der Waals surface area contributed by atoms with E-state index in [-0.39, 0.29) is 0 Å². The molecule has 1 saturated carbocycles. The third-order valence-corrected chi connectivity index (χ3v) is 1.48. The summed E-state index contributed by atoms with van der Waals surface area (Å²) in [6, 6.07) is 0. The van der Waals surface area contributed by atoms with Crippen LogP contribution in [0.5, 0.6) is 0 Å². The average Bonchev–Trinajstić information content (AvgIpc) is 2.51. The Bertz CT molecular complexity index is 57.4. The molecule has 0 saturated heterocycles. The molecule has 1 aliphatic rings. The van der Waals surface area contributed by atoms with Crippen molar-refractivity contribution in [3.63, 3.8) is 0 Å². The maximum Gasteiger partial charge on any atom is -0.00205 e. The molecular weight excluding hydrogens is 98.1 g/mol. The fraction of sp³-hybridized carbons (Fsp3) is 0.857. The highest BCUT2D eigenvalue weighted by Gasteiger charge is 2.19. The molecular formula is C7H14N. The third kappa shape index (κ3) is 2.31. The lowest BCUT2D eigenvalue weighted by atomic mass is 10.4. The molecule has 0 aromatic heterocycles. The summed E-state index contributed by atoms with van der Waals surface area (Å²) in [4.78, 5) is 0. The number of nitrogens with one attached hydrogen (secondary N) is 1. The lowest BCUT2D eigenvalue weighted by molar-refractivity contribution is 0.642. The molecule has 0 heterocycles. The molecule has 0 atom stereocenters. The fourth-order valence-corrected chi connectivity index (χ4v) is 0.753. The van der Waals surface area contributed by atoms with E-state index in [1.807, 2.05) is 0 Å². The predicted molar refractivity (Wildman–Crippen MR) is 35.6 cm³/mol. The van der Waals surface area contributed by atoms with E-state index in [1.54, 1.807) is 0 Å². The van der Waals surface area contributed by atoms with E-state index in [1.165, 1.54) is 19.4 Å². The topological polar surface area (TPSA) is 12.0 Å². The zero-order valence-electron chi connectivity index (χ0n) is 5.32. The minimum absolute atomic E-state index is 1.02. The predicted octanol–water partition coefficient (Wildman–Crippen LogP) is 1.21. The maximum absolute atomic E-state index is 3.74. The summed E-state index contributed by atoms with van der Waals surface area (Å²) in [5.74, 6) is 1.02. The van der Waals surface area contributed by atoms with Gasteiger partial charge in [-0.2, -0.15) is 0 Å². The van der Waals surface area contributed by atoms with Crippen molar-refractivity contribution in [1.29, 1.82) is 0 Å². The van der Waals surface area contributed by atoms with Crippen molar-refractivity contribution in [2.24, 2.45) is 5.92 Å². The Hall–Kier alpha value is -0.0400. The van der Waals surface area contributed by atoms with E-state index < -0.39 is 0 Å². The zero-order valence-corrected chi connectivity index (χ0v) is 5.32. The lowest BCUT2D eigenvalue weighted by Gasteiger charge is -1.97.